The molecule has 0 saturated carbocycles. The van der Waals surface area contributed by atoms with Crippen LogP contribution in [0.15, 0.2) is 109 Å². The lowest BCUT2D eigenvalue weighted by Gasteiger charge is -2.41. The molecule has 1 amide bonds. The summed E-state index contributed by atoms with van der Waals surface area (Å²) >= 11 is 1.61. The van der Waals surface area contributed by atoms with Gasteiger partial charge in [0.15, 0.2) is 11.4 Å². The number of ether oxygens (including phenoxy) is 2. The highest BCUT2D eigenvalue weighted by molar-refractivity contribution is 7.99. The first-order valence-electron chi connectivity index (χ1n) is 14.8. The molecule has 1 aliphatic heterocycles. The van der Waals surface area contributed by atoms with E-state index < -0.39 is 6.29 Å². The van der Waals surface area contributed by atoms with Crippen LogP contribution in [0.2, 0.25) is 0 Å². The Morgan fingerprint density at radius 1 is 0.978 bits per heavy atom. The lowest BCUT2D eigenvalue weighted by molar-refractivity contribution is -0.268. The Bertz CT molecular complexity index is 1710. The molecule has 1 saturated heterocycles. The van der Waals surface area contributed by atoms with Crippen molar-refractivity contribution in [3.05, 3.63) is 131 Å². The highest BCUT2D eigenvalue weighted by Gasteiger charge is 2.38. The van der Waals surface area contributed by atoms with E-state index in [9.17, 15) is 9.90 Å². The summed E-state index contributed by atoms with van der Waals surface area (Å²) in [4.78, 5) is 16.7. The molecule has 5 aromatic rings. The van der Waals surface area contributed by atoms with Crippen LogP contribution in [-0.2, 0) is 29.7 Å². The van der Waals surface area contributed by atoms with Crippen molar-refractivity contribution >= 4 is 17.7 Å². The van der Waals surface area contributed by atoms with Crippen LogP contribution in [0.3, 0.4) is 0 Å². The van der Waals surface area contributed by atoms with E-state index in [0.717, 1.165) is 38.5 Å². The minimum absolute atomic E-state index is 0.00356. The fourth-order valence-corrected chi connectivity index (χ4v) is 6.47. The van der Waals surface area contributed by atoms with E-state index in [-0.39, 0.29) is 30.6 Å². The van der Waals surface area contributed by atoms with Crippen LogP contribution in [0.5, 0.6) is 0 Å². The number of rotatable bonds is 10. The van der Waals surface area contributed by atoms with Gasteiger partial charge in [-0.3, -0.25) is 9.78 Å². The summed E-state index contributed by atoms with van der Waals surface area (Å²) in [7, 11) is 1.93. The van der Waals surface area contributed by atoms with E-state index >= 15 is 0 Å². The molecule has 1 fully saturated rings. The molecule has 2 N–H and O–H groups in total. The summed E-state index contributed by atoms with van der Waals surface area (Å²) < 4.78 is 15.1. The Labute approximate surface area is 266 Å². The van der Waals surface area contributed by atoms with Gasteiger partial charge >= 0.3 is 0 Å². The predicted octanol–water partition coefficient (Wildman–Crippen LogP) is 5.88. The fraction of sp³-hybridized carbons (Fsp3) is 0.257. The van der Waals surface area contributed by atoms with Crippen molar-refractivity contribution in [2.24, 2.45) is 13.0 Å². The molecule has 3 aromatic carbocycles. The largest absolute Gasteiger partial charge is 0.392 e. The number of aliphatic hydroxyl groups is 1. The van der Waals surface area contributed by atoms with Gasteiger partial charge in [0, 0.05) is 43.2 Å². The van der Waals surface area contributed by atoms with Gasteiger partial charge in [0.2, 0.25) is 0 Å². The first kappa shape index (κ1) is 30.7. The SMILES string of the molecule is CC1C(CSc2nncn2C)OC(c2ccc(-c3ccccc3CNC(=O)c3cccnc3)cc2)OC1c1ccc(CO)cc1. The second-order valence-corrected chi connectivity index (χ2v) is 12.0. The number of nitrogens with zero attached hydrogens (tertiary/aromatic N) is 4. The summed E-state index contributed by atoms with van der Waals surface area (Å²) in [5.74, 6) is 0.589. The Morgan fingerprint density at radius 3 is 2.47 bits per heavy atom. The van der Waals surface area contributed by atoms with Crippen LogP contribution in [0, 0.1) is 5.92 Å². The molecule has 9 nitrogen and oxygen atoms in total. The summed E-state index contributed by atoms with van der Waals surface area (Å²) in [5, 5.41) is 21.6. The maximum atomic E-state index is 12.6. The fourth-order valence-electron chi connectivity index (χ4n) is 5.42. The standard InChI is InChI=1S/C35H35N5O4S/c1-23-31(21-45-35-39-38-22-40(35)2)43-34(44-32(23)26-11-9-24(20-41)10-12-26)27-15-13-25(14-16-27)30-8-4-3-6-28(30)19-37-33(42)29-7-5-17-36-18-29/h3-18,22-23,31-32,34,41H,19-21H2,1-2H3,(H,37,42). The average Bonchev–Trinajstić information content (AvgIpc) is 3.51. The third kappa shape index (κ3) is 7.15. The number of nitrogens with one attached hydrogen (secondary N) is 1. The molecule has 4 atom stereocenters. The zero-order valence-corrected chi connectivity index (χ0v) is 25.9. The minimum atomic E-state index is -0.572. The number of hydrogen-bond donors (Lipinski definition) is 2. The van der Waals surface area contributed by atoms with Gasteiger partial charge in [0.25, 0.3) is 5.91 Å². The topological polar surface area (TPSA) is 111 Å². The molecule has 10 heteroatoms. The van der Waals surface area contributed by atoms with Gasteiger partial charge in [0.05, 0.1) is 24.4 Å². The molecule has 6 rings (SSSR count). The summed E-state index contributed by atoms with van der Waals surface area (Å²) in [6.07, 6.45) is 4.01. The molecule has 0 aliphatic carbocycles. The number of carbonyl (C=O) groups excluding carboxylic acids is 1. The smallest absolute Gasteiger partial charge is 0.253 e. The molecule has 0 spiro atoms. The molecular formula is C35H35N5O4S. The number of aromatic nitrogens is 4. The number of pyridine rings is 1. The molecule has 230 valence electrons. The summed E-state index contributed by atoms with van der Waals surface area (Å²) in [6, 6.07) is 27.7. The van der Waals surface area contributed by atoms with Crippen LogP contribution in [-0.4, -0.2) is 42.6 Å². The monoisotopic (exact) mass is 621 g/mol. The quantitative estimate of drug-likeness (QED) is 0.186. The van der Waals surface area contributed by atoms with Crippen LogP contribution in [0.1, 0.15) is 51.9 Å². The number of carbonyl (C=O) groups is 1. The van der Waals surface area contributed by atoms with E-state index in [1.165, 1.54) is 0 Å². The average molecular weight is 622 g/mol. The van der Waals surface area contributed by atoms with Crippen LogP contribution >= 0.6 is 11.8 Å². The molecule has 0 radical (unpaired) electrons. The Kier molecular flexibility index (Phi) is 9.66. The van der Waals surface area contributed by atoms with Gasteiger partial charge in [-0.05, 0) is 39.9 Å². The number of thioether (sulfide) groups is 1. The third-order valence-corrected chi connectivity index (χ3v) is 9.17. The molecule has 2 aromatic heterocycles. The van der Waals surface area contributed by atoms with Gasteiger partial charge < -0.3 is 24.5 Å². The van der Waals surface area contributed by atoms with Gasteiger partial charge in [-0.2, -0.15) is 0 Å². The Morgan fingerprint density at radius 2 is 1.76 bits per heavy atom. The molecule has 0 bridgehead atoms. The molecule has 1 aliphatic rings. The van der Waals surface area contributed by atoms with Crippen molar-refractivity contribution in [2.75, 3.05) is 5.75 Å². The van der Waals surface area contributed by atoms with Crippen molar-refractivity contribution in [3.63, 3.8) is 0 Å². The van der Waals surface area contributed by atoms with Crippen LogP contribution in [0.4, 0.5) is 0 Å². The van der Waals surface area contributed by atoms with Gasteiger partial charge in [-0.15, -0.1) is 10.2 Å². The van der Waals surface area contributed by atoms with Gasteiger partial charge in [-0.25, -0.2) is 0 Å². The highest BCUT2D eigenvalue weighted by Crippen LogP contribution is 2.43. The number of benzene rings is 3. The van der Waals surface area contributed by atoms with Crippen LogP contribution < -0.4 is 5.32 Å². The van der Waals surface area contributed by atoms with Gasteiger partial charge in [0.1, 0.15) is 6.33 Å². The zero-order valence-electron chi connectivity index (χ0n) is 25.1. The molecule has 45 heavy (non-hydrogen) atoms. The van der Waals surface area contributed by atoms with Crippen molar-refractivity contribution in [3.8, 4) is 11.1 Å². The predicted molar refractivity (Wildman–Crippen MR) is 172 cm³/mol. The first-order chi connectivity index (χ1) is 22.0. The third-order valence-electron chi connectivity index (χ3n) is 8.04. The molecule has 4 unspecified atom stereocenters. The van der Waals surface area contributed by atoms with Crippen LogP contribution in [0.25, 0.3) is 11.1 Å². The molecular weight excluding hydrogens is 586 g/mol. The minimum Gasteiger partial charge on any atom is -0.392 e. The van der Waals surface area contributed by atoms with E-state index in [1.54, 1.807) is 42.6 Å². The second-order valence-electron chi connectivity index (χ2n) is 11.1. The van der Waals surface area contributed by atoms with E-state index in [0.29, 0.717) is 17.9 Å². The normalized spacial score (nSPS) is 19.7. The van der Waals surface area contributed by atoms with Crippen molar-refractivity contribution in [2.45, 2.75) is 43.7 Å². The maximum absolute atomic E-state index is 12.6. The lowest BCUT2D eigenvalue weighted by atomic mass is 9.91. The van der Waals surface area contributed by atoms with Crippen molar-refractivity contribution in [1.82, 2.24) is 25.1 Å². The number of aryl methyl sites for hydroxylation is 1. The van der Waals surface area contributed by atoms with E-state index in [4.69, 9.17) is 9.47 Å². The lowest BCUT2D eigenvalue weighted by Crippen LogP contribution is -2.38. The number of amides is 1. The number of aliphatic hydroxyl groups excluding tert-OH is 1. The number of hydrogen-bond acceptors (Lipinski definition) is 8. The Hall–Kier alpha value is -4.35. The maximum Gasteiger partial charge on any atom is 0.253 e. The van der Waals surface area contributed by atoms with E-state index in [2.05, 4.69) is 45.6 Å². The summed E-state index contributed by atoms with van der Waals surface area (Å²) in [6.45, 7) is 2.53. The highest BCUT2D eigenvalue weighted by atomic mass is 32.2. The Balaban J connectivity index is 1.21. The summed E-state index contributed by atoms with van der Waals surface area (Å²) in [5.41, 5.74) is 6.41. The molecule has 3 heterocycles. The first-order valence-corrected chi connectivity index (χ1v) is 15.8. The van der Waals surface area contributed by atoms with Crippen molar-refractivity contribution in [1.29, 1.82) is 0 Å². The van der Waals surface area contributed by atoms with Gasteiger partial charge in [-0.1, -0.05) is 91.5 Å². The van der Waals surface area contributed by atoms with Crippen molar-refractivity contribution < 1.29 is 19.4 Å². The zero-order chi connectivity index (χ0) is 31.2. The second kappa shape index (κ2) is 14.2. The van der Waals surface area contributed by atoms with E-state index in [1.807, 2.05) is 66.2 Å².